The van der Waals surface area contributed by atoms with Crippen LogP contribution in [-0.4, -0.2) is 42.1 Å². The van der Waals surface area contributed by atoms with E-state index in [-0.39, 0.29) is 18.1 Å². The van der Waals surface area contributed by atoms with Gasteiger partial charge >= 0.3 is 0 Å². The van der Waals surface area contributed by atoms with Gasteiger partial charge in [-0.25, -0.2) is 0 Å². The molecule has 3 rings (SSSR count). The van der Waals surface area contributed by atoms with E-state index in [0.717, 1.165) is 45.1 Å². The average Bonchev–Trinajstić information content (AvgIpc) is 3.08. The Morgan fingerprint density at radius 1 is 1.26 bits per heavy atom. The number of aryl methyl sites for hydroxylation is 1. The zero-order chi connectivity index (χ0) is 16.2. The summed E-state index contributed by atoms with van der Waals surface area (Å²) in [6.45, 7) is 3.46. The largest absolute Gasteiger partial charge is 0.364 e. The lowest BCUT2D eigenvalue weighted by Crippen LogP contribution is -2.48. The zero-order valence-electron chi connectivity index (χ0n) is 14.0. The SMILES string of the molecule is CCCN(C(=O)[C@@H]1CC[C@H](CN)O1)C1CCc2ccccc2C1. The molecule has 2 aliphatic rings. The standard InChI is InChI=1S/C19H28N2O2/c1-2-11-21(19(22)18-10-9-17(13-20)23-18)16-8-7-14-5-3-4-6-15(14)12-16/h3-6,16-18H,2,7-13,20H2,1H3/t16?,17-,18+/m1/s1. The van der Waals surface area contributed by atoms with Gasteiger partial charge in [-0.15, -0.1) is 0 Å². The first-order chi connectivity index (χ1) is 11.2. The summed E-state index contributed by atoms with van der Waals surface area (Å²) < 4.78 is 5.84. The summed E-state index contributed by atoms with van der Waals surface area (Å²) in [5.41, 5.74) is 8.51. The maximum atomic E-state index is 13.0. The molecule has 1 heterocycles. The van der Waals surface area contributed by atoms with E-state index in [4.69, 9.17) is 10.5 Å². The van der Waals surface area contributed by atoms with Crippen molar-refractivity contribution in [3.05, 3.63) is 35.4 Å². The van der Waals surface area contributed by atoms with Crippen molar-refractivity contribution in [2.75, 3.05) is 13.1 Å². The topological polar surface area (TPSA) is 55.6 Å². The number of ether oxygens (including phenoxy) is 1. The predicted octanol–water partition coefficient (Wildman–Crippen LogP) is 2.29. The van der Waals surface area contributed by atoms with Gasteiger partial charge in [-0.3, -0.25) is 4.79 Å². The van der Waals surface area contributed by atoms with Crippen molar-refractivity contribution < 1.29 is 9.53 Å². The molecule has 1 unspecified atom stereocenters. The third-order valence-corrected chi connectivity index (χ3v) is 5.16. The van der Waals surface area contributed by atoms with Gasteiger partial charge in [-0.2, -0.15) is 0 Å². The Labute approximate surface area is 139 Å². The smallest absolute Gasteiger partial charge is 0.251 e. The number of carbonyl (C=O) groups excluding carboxylic acids is 1. The first kappa shape index (κ1) is 16.5. The fourth-order valence-corrected chi connectivity index (χ4v) is 3.90. The summed E-state index contributed by atoms with van der Waals surface area (Å²) in [6, 6.07) is 8.92. The highest BCUT2D eigenvalue weighted by Gasteiger charge is 2.36. The third kappa shape index (κ3) is 3.59. The maximum absolute atomic E-state index is 13.0. The van der Waals surface area contributed by atoms with Crippen LogP contribution in [0.4, 0.5) is 0 Å². The van der Waals surface area contributed by atoms with Gasteiger partial charge in [0.05, 0.1) is 6.10 Å². The van der Waals surface area contributed by atoms with Gasteiger partial charge in [0.1, 0.15) is 6.10 Å². The van der Waals surface area contributed by atoms with Gasteiger partial charge in [0, 0.05) is 19.1 Å². The Hall–Kier alpha value is -1.39. The second-order valence-electron chi connectivity index (χ2n) is 6.76. The molecule has 0 spiro atoms. The number of nitrogens with two attached hydrogens (primary N) is 1. The number of nitrogens with zero attached hydrogens (tertiary/aromatic N) is 1. The molecule has 4 nitrogen and oxygen atoms in total. The van der Waals surface area contributed by atoms with Crippen LogP contribution in [-0.2, 0) is 22.4 Å². The lowest BCUT2D eigenvalue weighted by Gasteiger charge is -2.36. The van der Waals surface area contributed by atoms with E-state index in [1.165, 1.54) is 11.1 Å². The molecule has 1 aliphatic heterocycles. The molecule has 1 saturated heterocycles. The van der Waals surface area contributed by atoms with Crippen LogP contribution >= 0.6 is 0 Å². The van der Waals surface area contributed by atoms with Crippen LogP contribution in [0, 0.1) is 0 Å². The monoisotopic (exact) mass is 316 g/mol. The Bertz CT molecular complexity index is 546. The minimum Gasteiger partial charge on any atom is -0.364 e. The Kier molecular flexibility index (Phi) is 5.34. The molecular formula is C19H28N2O2. The summed E-state index contributed by atoms with van der Waals surface area (Å²) in [4.78, 5) is 15.1. The predicted molar refractivity (Wildman–Crippen MR) is 91.2 cm³/mol. The second-order valence-corrected chi connectivity index (χ2v) is 6.76. The fraction of sp³-hybridized carbons (Fsp3) is 0.632. The number of carbonyl (C=O) groups is 1. The molecule has 1 aromatic rings. The molecule has 4 heteroatoms. The summed E-state index contributed by atoms with van der Waals surface area (Å²) in [5.74, 6) is 0.173. The van der Waals surface area contributed by atoms with Crippen LogP contribution < -0.4 is 5.73 Å². The number of amides is 1. The maximum Gasteiger partial charge on any atom is 0.251 e. The molecule has 1 fully saturated rings. The van der Waals surface area contributed by atoms with Crippen LogP contribution in [0.5, 0.6) is 0 Å². The van der Waals surface area contributed by atoms with Crippen molar-refractivity contribution in [2.24, 2.45) is 5.73 Å². The van der Waals surface area contributed by atoms with Crippen molar-refractivity contribution in [1.29, 1.82) is 0 Å². The van der Waals surface area contributed by atoms with E-state index in [1.54, 1.807) is 0 Å². The Morgan fingerprint density at radius 3 is 2.74 bits per heavy atom. The third-order valence-electron chi connectivity index (χ3n) is 5.16. The zero-order valence-corrected chi connectivity index (χ0v) is 14.0. The van der Waals surface area contributed by atoms with Crippen molar-refractivity contribution in [3.63, 3.8) is 0 Å². The molecule has 0 saturated carbocycles. The summed E-state index contributed by atoms with van der Waals surface area (Å²) in [7, 11) is 0. The van der Waals surface area contributed by atoms with Crippen molar-refractivity contribution in [1.82, 2.24) is 4.90 Å². The van der Waals surface area contributed by atoms with Crippen molar-refractivity contribution >= 4 is 5.91 Å². The molecule has 23 heavy (non-hydrogen) atoms. The van der Waals surface area contributed by atoms with Gasteiger partial charge in [0.2, 0.25) is 0 Å². The molecule has 1 amide bonds. The van der Waals surface area contributed by atoms with Gasteiger partial charge < -0.3 is 15.4 Å². The van der Waals surface area contributed by atoms with Crippen LogP contribution in [0.3, 0.4) is 0 Å². The molecule has 3 atom stereocenters. The number of hydrogen-bond donors (Lipinski definition) is 1. The number of hydrogen-bond acceptors (Lipinski definition) is 3. The van der Waals surface area contributed by atoms with E-state index in [9.17, 15) is 4.79 Å². The normalized spacial score (nSPS) is 26.8. The minimum absolute atomic E-state index is 0.0551. The average molecular weight is 316 g/mol. The minimum atomic E-state index is -0.285. The fourth-order valence-electron chi connectivity index (χ4n) is 3.90. The molecule has 0 radical (unpaired) electrons. The van der Waals surface area contributed by atoms with Gasteiger partial charge in [0.25, 0.3) is 5.91 Å². The molecule has 126 valence electrons. The first-order valence-electron chi connectivity index (χ1n) is 8.95. The Morgan fingerprint density at radius 2 is 2.04 bits per heavy atom. The summed E-state index contributed by atoms with van der Waals surface area (Å²) >= 11 is 0. The van der Waals surface area contributed by atoms with Gasteiger partial charge in [-0.1, -0.05) is 31.2 Å². The van der Waals surface area contributed by atoms with Crippen LogP contribution in [0.25, 0.3) is 0 Å². The van der Waals surface area contributed by atoms with E-state index in [2.05, 4.69) is 36.1 Å². The summed E-state index contributed by atoms with van der Waals surface area (Å²) in [5, 5.41) is 0. The van der Waals surface area contributed by atoms with Crippen LogP contribution in [0.2, 0.25) is 0 Å². The second kappa shape index (κ2) is 7.45. The molecular weight excluding hydrogens is 288 g/mol. The number of fused-ring (bicyclic) bond motifs is 1. The van der Waals surface area contributed by atoms with E-state index in [1.807, 2.05) is 0 Å². The van der Waals surface area contributed by atoms with Gasteiger partial charge in [0.15, 0.2) is 0 Å². The Balaban J connectivity index is 1.71. The van der Waals surface area contributed by atoms with Crippen LogP contribution in [0.1, 0.15) is 43.7 Å². The molecule has 0 aromatic heterocycles. The molecule has 1 aliphatic carbocycles. The molecule has 1 aromatic carbocycles. The highest BCUT2D eigenvalue weighted by atomic mass is 16.5. The number of rotatable bonds is 5. The lowest BCUT2D eigenvalue weighted by atomic mass is 9.87. The van der Waals surface area contributed by atoms with E-state index < -0.39 is 0 Å². The first-order valence-corrected chi connectivity index (χ1v) is 8.95. The molecule has 0 bridgehead atoms. The van der Waals surface area contributed by atoms with Crippen molar-refractivity contribution in [3.8, 4) is 0 Å². The van der Waals surface area contributed by atoms with E-state index >= 15 is 0 Å². The van der Waals surface area contributed by atoms with Crippen molar-refractivity contribution in [2.45, 2.75) is 63.7 Å². The number of benzene rings is 1. The van der Waals surface area contributed by atoms with Crippen LogP contribution in [0.15, 0.2) is 24.3 Å². The van der Waals surface area contributed by atoms with E-state index in [0.29, 0.717) is 12.6 Å². The summed E-state index contributed by atoms with van der Waals surface area (Å²) in [6.07, 6.45) is 5.55. The molecule has 2 N–H and O–H groups in total. The van der Waals surface area contributed by atoms with Gasteiger partial charge in [-0.05, 0) is 49.7 Å². The lowest BCUT2D eigenvalue weighted by molar-refractivity contribution is -0.145. The quantitative estimate of drug-likeness (QED) is 0.907. The highest BCUT2D eigenvalue weighted by molar-refractivity contribution is 5.81. The highest BCUT2D eigenvalue weighted by Crippen LogP contribution is 2.27.